The third-order valence-electron chi connectivity index (χ3n) is 4.42. The minimum Gasteiger partial charge on any atom is -0.388 e. The van der Waals surface area contributed by atoms with Gasteiger partial charge < -0.3 is 10.3 Å². The van der Waals surface area contributed by atoms with E-state index in [2.05, 4.69) is 69.7 Å². The number of benzene rings is 1. The second-order valence-corrected chi connectivity index (χ2v) is 7.05. The van der Waals surface area contributed by atoms with Crippen molar-refractivity contribution in [1.29, 1.82) is 0 Å². The highest BCUT2D eigenvalue weighted by Crippen LogP contribution is 2.35. The van der Waals surface area contributed by atoms with Gasteiger partial charge in [-0.05, 0) is 36.0 Å². The van der Waals surface area contributed by atoms with E-state index in [4.69, 9.17) is 0 Å². The summed E-state index contributed by atoms with van der Waals surface area (Å²) >= 11 is 0. The van der Waals surface area contributed by atoms with Crippen molar-refractivity contribution in [2.75, 3.05) is 7.05 Å². The summed E-state index contributed by atoms with van der Waals surface area (Å²) < 4.78 is 0. The van der Waals surface area contributed by atoms with Crippen LogP contribution in [0, 0.1) is 0 Å². The van der Waals surface area contributed by atoms with E-state index in [9.17, 15) is 0 Å². The smallest absolute Gasteiger partial charge is 0.0556 e. The molecule has 2 rings (SSSR count). The van der Waals surface area contributed by atoms with E-state index in [0.29, 0.717) is 0 Å². The van der Waals surface area contributed by atoms with E-state index in [-0.39, 0.29) is 5.41 Å². The molecule has 0 fully saturated rings. The summed E-state index contributed by atoms with van der Waals surface area (Å²) in [6.07, 6.45) is 6.22. The van der Waals surface area contributed by atoms with Gasteiger partial charge in [-0.2, -0.15) is 0 Å². The van der Waals surface area contributed by atoms with Gasteiger partial charge in [0, 0.05) is 35.0 Å². The van der Waals surface area contributed by atoms with Crippen LogP contribution in [0.1, 0.15) is 63.4 Å². The van der Waals surface area contributed by atoms with Crippen LogP contribution in [-0.4, -0.2) is 12.0 Å². The molecule has 23 heavy (non-hydrogen) atoms. The number of aromatic amines is 1. The summed E-state index contributed by atoms with van der Waals surface area (Å²) in [7, 11) is 2.00. The normalized spacial score (nSPS) is 12.7. The van der Waals surface area contributed by atoms with Crippen molar-refractivity contribution >= 4 is 22.7 Å². The number of rotatable bonds is 5. The summed E-state index contributed by atoms with van der Waals surface area (Å²) in [5, 5.41) is 4.64. The zero-order valence-electron chi connectivity index (χ0n) is 15.4. The van der Waals surface area contributed by atoms with E-state index >= 15 is 0 Å². The van der Waals surface area contributed by atoms with Gasteiger partial charge in [-0.25, -0.2) is 0 Å². The fourth-order valence-electron chi connectivity index (χ4n) is 3.08. The summed E-state index contributed by atoms with van der Waals surface area (Å²) in [6, 6.07) is 4.65. The Labute approximate surface area is 140 Å². The molecule has 1 aromatic heterocycles. The minimum atomic E-state index is 0.107. The zero-order valence-corrected chi connectivity index (χ0v) is 15.4. The van der Waals surface area contributed by atoms with Crippen molar-refractivity contribution in [3.8, 4) is 0 Å². The first-order valence-corrected chi connectivity index (χ1v) is 8.57. The average molecular weight is 310 g/mol. The molecule has 0 atom stereocenters. The van der Waals surface area contributed by atoms with Crippen LogP contribution in [-0.2, 0) is 11.8 Å². The molecule has 0 aliphatic carbocycles. The monoisotopic (exact) mass is 310 g/mol. The number of hydrogen-bond donors (Lipinski definition) is 2. The summed E-state index contributed by atoms with van der Waals surface area (Å²) in [5.41, 5.74) is 7.59. The van der Waals surface area contributed by atoms with Crippen LogP contribution in [0.25, 0.3) is 22.7 Å². The fraction of sp³-hybridized carbons (Fsp3) is 0.429. The lowest BCUT2D eigenvalue weighted by atomic mass is 9.84. The number of aryl methyl sites for hydroxylation is 1. The molecule has 2 heteroatoms. The molecule has 0 aliphatic heterocycles. The van der Waals surface area contributed by atoms with E-state index in [1.165, 1.54) is 39.0 Å². The van der Waals surface area contributed by atoms with Crippen LogP contribution in [0.4, 0.5) is 0 Å². The predicted octanol–water partition coefficient (Wildman–Crippen LogP) is 5.64. The quantitative estimate of drug-likeness (QED) is 0.734. The molecular weight excluding hydrogens is 280 g/mol. The molecule has 0 bridgehead atoms. The Morgan fingerprint density at radius 1 is 1.26 bits per heavy atom. The van der Waals surface area contributed by atoms with Gasteiger partial charge in [0.05, 0.1) is 5.52 Å². The van der Waals surface area contributed by atoms with Gasteiger partial charge >= 0.3 is 0 Å². The molecule has 1 aromatic carbocycles. The topological polar surface area (TPSA) is 27.8 Å². The lowest BCUT2D eigenvalue weighted by molar-refractivity contribution is 0.591. The standard InChI is InChI=1S/C21H30N2/c1-8-11-19(22-7)17-13-14(21(4,5)6)12-16-15(9-2)18(10-3)23-20(16)17/h9,11-13,22-23H,2,8,10H2,1,3-7H3/b19-11-. The number of hydrogen-bond acceptors (Lipinski definition) is 1. The van der Waals surface area contributed by atoms with E-state index in [0.717, 1.165) is 12.8 Å². The Morgan fingerprint density at radius 3 is 2.43 bits per heavy atom. The van der Waals surface area contributed by atoms with E-state index in [1.54, 1.807) is 0 Å². The van der Waals surface area contributed by atoms with Crippen LogP contribution in [0.15, 0.2) is 24.8 Å². The first kappa shape index (κ1) is 17.4. The second kappa shape index (κ2) is 6.66. The Bertz CT molecular complexity index is 739. The minimum absolute atomic E-state index is 0.107. The van der Waals surface area contributed by atoms with Gasteiger partial charge in [-0.15, -0.1) is 0 Å². The van der Waals surface area contributed by atoms with Gasteiger partial charge in [0.1, 0.15) is 0 Å². The van der Waals surface area contributed by atoms with Crippen LogP contribution in [0.2, 0.25) is 0 Å². The molecular formula is C21H30N2. The van der Waals surface area contributed by atoms with Gasteiger partial charge in [-0.3, -0.25) is 0 Å². The summed E-state index contributed by atoms with van der Waals surface area (Å²) in [4.78, 5) is 3.63. The van der Waals surface area contributed by atoms with Crippen LogP contribution >= 0.6 is 0 Å². The van der Waals surface area contributed by atoms with Crippen molar-refractivity contribution in [3.63, 3.8) is 0 Å². The van der Waals surface area contributed by atoms with Crippen LogP contribution in [0.3, 0.4) is 0 Å². The van der Waals surface area contributed by atoms with Crippen LogP contribution < -0.4 is 5.32 Å². The van der Waals surface area contributed by atoms with Crippen molar-refractivity contribution in [2.45, 2.75) is 52.9 Å². The van der Waals surface area contributed by atoms with Gasteiger partial charge in [0.15, 0.2) is 0 Å². The molecule has 2 aromatic rings. The third kappa shape index (κ3) is 3.21. The predicted molar refractivity (Wildman–Crippen MR) is 104 cm³/mol. The Kier molecular flexibility index (Phi) is 5.03. The molecule has 0 aliphatic rings. The van der Waals surface area contributed by atoms with Crippen molar-refractivity contribution in [1.82, 2.24) is 10.3 Å². The number of nitrogens with one attached hydrogen (secondary N) is 2. The molecule has 0 spiro atoms. The highest BCUT2D eigenvalue weighted by Gasteiger charge is 2.20. The van der Waals surface area contributed by atoms with Crippen molar-refractivity contribution < 1.29 is 0 Å². The summed E-state index contributed by atoms with van der Waals surface area (Å²) in [5.74, 6) is 0. The zero-order chi connectivity index (χ0) is 17.2. The number of aromatic nitrogens is 1. The molecule has 0 unspecified atom stereocenters. The Morgan fingerprint density at radius 2 is 1.96 bits per heavy atom. The molecule has 0 saturated heterocycles. The molecule has 0 saturated carbocycles. The lowest BCUT2D eigenvalue weighted by Crippen LogP contribution is -2.13. The molecule has 0 amide bonds. The van der Waals surface area contributed by atoms with Gasteiger partial charge in [-0.1, -0.05) is 53.3 Å². The molecule has 0 radical (unpaired) electrons. The molecule has 124 valence electrons. The van der Waals surface area contributed by atoms with Crippen molar-refractivity contribution in [3.05, 3.63) is 47.2 Å². The highest BCUT2D eigenvalue weighted by atomic mass is 14.8. The fourth-order valence-corrected chi connectivity index (χ4v) is 3.08. The lowest BCUT2D eigenvalue weighted by Gasteiger charge is -2.21. The maximum atomic E-state index is 4.03. The molecule has 1 heterocycles. The Balaban J connectivity index is 2.90. The van der Waals surface area contributed by atoms with Crippen molar-refractivity contribution in [2.24, 2.45) is 0 Å². The molecule has 2 N–H and O–H groups in total. The SMILES string of the molecule is C=Cc1c(CC)[nH]c2c(/C(=C/CC)NC)cc(C(C)(C)C)cc12. The van der Waals surface area contributed by atoms with Crippen LogP contribution in [0.5, 0.6) is 0 Å². The third-order valence-corrected chi connectivity index (χ3v) is 4.42. The highest BCUT2D eigenvalue weighted by molar-refractivity contribution is 5.98. The Hall–Kier alpha value is -1.96. The summed E-state index contributed by atoms with van der Waals surface area (Å²) in [6.45, 7) is 15.2. The number of H-pyrrole nitrogens is 1. The second-order valence-electron chi connectivity index (χ2n) is 7.05. The first-order chi connectivity index (χ1) is 10.9. The van der Waals surface area contributed by atoms with E-state index in [1.807, 2.05) is 13.1 Å². The molecule has 2 nitrogen and oxygen atoms in total. The van der Waals surface area contributed by atoms with Gasteiger partial charge in [0.2, 0.25) is 0 Å². The first-order valence-electron chi connectivity index (χ1n) is 8.57. The van der Waals surface area contributed by atoms with E-state index < -0.39 is 0 Å². The van der Waals surface area contributed by atoms with Gasteiger partial charge in [0.25, 0.3) is 0 Å². The maximum Gasteiger partial charge on any atom is 0.0556 e. The maximum absolute atomic E-state index is 4.03. The number of allylic oxidation sites excluding steroid dienone is 1. The number of fused-ring (bicyclic) bond motifs is 1. The average Bonchev–Trinajstić information content (AvgIpc) is 2.88. The largest absolute Gasteiger partial charge is 0.388 e.